The number of hydrogen-bond donors (Lipinski definition) is 1. The van der Waals surface area contributed by atoms with Gasteiger partial charge in [0.1, 0.15) is 6.54 Å². The van der Waals surface area contributed by atoms with Crippen LogP contribution in [0.5, 0.6) is 0 Å². The van der Waals surface area contributed by atoms with Gasteiger partial charge < -0.3 is 5.32 Å². The highest BCUT2D eigenvalue weighted by atomic mass is 35.7. The maximum absolute atomic E-state index is 8.49. The van der Waals surface area contributed by atoms with E-state index >= 15 is 0 Å². The van der Waals surface area contributed by atoms with Crippen molar-refractivity contribution in [2.24, 2.45) is 0 Å². The molecule has 0 radical (unpaired) electrons. The lowest BCUT2D eigenvalue weighted by atomic mass is 10.2. The van der Waals surface area contributed by atoms with Gasteiger partial charge in [0.25, 0.3) is 0 Å². The summed E-state index contributed by atoms with van der Waals surface area (Å²) in [6.45, 7) is 3.13. The van der Waals surface area contributed by atoms with Crippen LogP contribution in [-0.4, -0.2) is 0 Å². The Morgan fingerprint density at radius 3 is 2.15 bits per heavy atom. The fourth-order valence-corrected chi connectivity index (χ4v) is 2.53. The van der Waals surface area contributed by atoms with Crippen LogP contribution in [0.4, 0.5) is 5.69 Å². The number of nitrogens with zero attached hydrogens (tertiary/aromatic N) is 1. The van der Waals surface area contributed by atoms with Crippen LogP contribution in [0.3, 0.4) is 0 Å². The molecule has 0 fully saturated rings. The number of aromatic nitrogens is 1. The predicted molar refractivity (Wildman–Crippen MR) is 88.9 cm³/mol. The van der Waals surface area contributed by atoms with E-state index in [0.717, 1.165) is 12.2 Å². The fraction of sp³-hybridized carbons (Fsp3) is 0.105. The van der Waals surface area contributed by atoms with E-state index in [-0.39, 0.29) is 0 Å². The zero-order chi connectivity index (χ0) is 19.0. The molecule has 7 heteroatoms. The largest absolute Gasteiger partial charge is 0.361 e. The van der Waals surface area contributed by atoms with Crippen LogP contribution in [0.1, 0.15) is 12.6 Å². The summed E-state index contributed by atoms with van der Waals surface area (Å²) in [5.74, 6) is 0. The number of para-hydroxylation sites is 2. The smallest absolute Gasteiger partial charge is 0.212 e. The summed E-state index contributed by atoms with van der Waals surface area (Å²) < 4.78 is 36.3. The van der Waals surface area contributed by atoms with Crippen LogP contribution >= 0.6 is 0 Å². The van der Waals surface area contributed by atoms with Crippen LogP contribution in [-0.2, 0) is 6.54 Å². The quantitative estimate of drug-likeness (QED) is 0.618. The van der Waals surface area contributed by atoms with Crippen LogP contribution in [0, 0.1) is 10.2 Å². The van der Waals surface area contributed by atoms with Gasteiger partial charge in [0.2, 0.25) is 11.2 Å². The van der Waals surface area contributed by atoms with Crippen molar-refractivity contribution >= 4 is 22.7 Å². The van der Waals surface area contributed by atoms with Crippen molar-refractivity contribution in [1.82, 2.24) is 0 Å². The predicted octanol–water partition coefficient (Wildman–Crippen LogP) is -0.526. The molecule has 0 spiro atoms. The Morgan fingerprint density at radius 2 is 1.50 bits per heavy atom. The molecular weight excluding hydrogens is 356 g/mol. The monoisotopic (exact) mass is 374 g/mol. The number of benzene rings is 2. The number of aryl methyl sites for hydroxylation is 1. The first-order valence-corrected chi connectivity index (χ1v) is 9.13. The maximum Gasteiger partial charge on any atom is 0.212 e. The molecule has 3 rings (SSSR count). The molecule has 0 saturated carbocycles. The number of halogens is 1. The van der Waals surface area contributed by atoms with Crippen molar-refractivity contribution in [1.29, 1.82) is 0 Å². The lowest BCUT2D eigenvalue weighted by Gasteiger charge is -2.17. The number of fused-ring (bicyclic) bond motifs is 1. The lowest BCUT2D eigenvalue weighted by molar-refractivity contribution is -2.00. The topological polar surface area (TPSA) is 108 Å². The Balaban J connectivity index is 0.000000431. The van der Waals surface area contributed by atoms with Gasteiger partial charge in [0.05, 0.1) is 0 Å². The second-order valence-corrected chi connectivity index (χ2v) is 6.04. The Labute approximate surface area is 154 Å². The van der Waals surface area contributed by atoms with E-state index in [1.807, 2.05) is 24.4 Å². The number of rotatable bonds is 4. The van der Waals surface area contributed by atoms with E-state index in [1.165, 1.54) is 16.6 Å². The average molecular weight is 375 g/mol. The first-order valence-electron chi connectivity index (χ1n) is 7.90. The molecule has 0 atom stereocenters. The number of nitrogens with one attached hydrogen (secondary N) is 1. The minimum absolute atomic E-state index is 0.951. The van der Waals surface area contributed by atoms with Gasteiger partial charge in [-0.1, -0.05) is 30.3 Å². The highest BCUT2D eigenvalue weighted by Gasteiger charge is 2.10. The molecule has 0 aliphatic rings. The molecule has 6 nitrogen and oxygen atoms in total. The summed E-state index contributed by atoms with van der Waals surface area (Å²) in [5, 5.41) is 4.57. The SMILES string of the molecule is CC[n+]1c(/C=C\Nc2ccccc2)ccc2ccccc21.[O-][Cl+3]([O-])([O-])[O-]. The van der Waals surface area contributed by atoms with Crippen molar-refractivity contribution in [3.63, 3.8) is 0 Å². The first kappa shape index (κ1) is 19.8. The van der Waals surface area contributed by atoms with Gasteiger partial charge in [-0.15, -0.1) is 10.2 Å². The lowest BCUT2D eigenvalue weighted by Crippen LogP contribution is -2.68. The molecule has 0 amide bonds. The molecule has 1 N–H and O–H groups in total. The van der Waals surface area contributed by atoms with E-state index in [0.29, 0.717) is 0 Å². The van der Waals surface area contributed by atoms with Crippen LogP contribution in [0.25, 0.3) is 17.0 Å². The molecule has 136 valence electrons. The van der Waals surface area contributed by atoms with E-state index in [4.69, 9.17) is 18.6 Å². The molecule has 2 aromatic carbocycles. The number of anilines is 1. The van der Waals surface area contributed by atoms with Crippen LogP contribution in [0.15, 0.2) is 72.9 Å². The molecule has 3 aromatic rings. The van der Waals surface area contributed by atoms with Crippen molar-refractivity contribution in [3.8, 4) is 0 Å². The highest BCUT2D eigenvalue weighted by molar-refractivity contribution is 5.76. The minimum Gasteiger partial charge on any atom is -0.361 e. The Hall–Kier alpha value is -2.48. The van der Waals surface area contributed by atoms with E-state index in [2.05, 4.69) is 71.4 Å². The second kappa shape index (κ2) is 9.28. The average Bonchev–Trinajstić information content (AvgIpc) is 2.61. The zero-order valence-corrected chi connectivity index (χ0v) is 14.9. The van der Waals surface area contributed by atoms with Gasteiger partial charge in [-0.25, -0.2) is 18.6 Å². The number of pyridine rings is 1. The molecular formula is C19H19ClN2O4. The molecule has 1 heterocycles. The van der Waals surface area contributed by atoms with E-state index in [1.54, 1.807) is 0 Å². The molecule has 1 aromatic heterocycles. The van der Waals surface area contributed by atoms with Gasteiger partial charge in [-0.2, -0.15) is 4.57 Å². The maximum atomic E-state index is 8.49. The van der Waals surface area contributed by atoms with E-state index < -0.39 is 10.2 Å². The highest BCUT2D eigenvalue weighted by Crippen LogP contribution is 2.12. The van der Waals surface area contributed by atoms with Gasteiger partial charge in [-0.3, -0.25) is 0 Å². The summed E-state index contributed by atoms with van der Waals surface area (Å²) in [6, 6.07) is 23.0. The summed E-state index contributed by atoms with van der Waals surface area (Å²) in [5.41, 5.74) is 3.55. The van der Waals surface area contributed by atoms with E-state index in [9.17, 15) is 0 Å². The zero-order valence-electron chi connectivity index (χ0n) is 14.2. The summed E-state index contributed by atoms with van der Waals surface area (Å²) >= 11 is 0. The molecule has 0 unspecified atom stereocenters. The van der Waals surface area contributed by atoms with Gasteiger partial charge in [0.15, 0.2) is 0 Å². The van der Waals surface area contributed by atoms with Gasteiger partial charge in [-0.05, 0) is 31.2 Å². The standard InChI is InChI=1S/C19H18N2.ClHO4/c1-2-21-18(13-12-16-8-6-7-11-19(16)21)14-15-20-17-9-4-3-5-10-17;2-1(3,4)5/h3-15H,2H2,1H3;(H,2,3,4,5). The molecule has 0 aliphatic heterocycles. The third-order valence-corrected chi connectivity index (χ3v) is 3.57. The normalized spacial score (nSPS) is 11.3. The Bertz CT molecular complexity index is 858. The minimum atomic E-state index is -4.94. The molecule has 0 saturated heterocycles. The van der Waals surface area contributed by atoms with Crippen LogP contribution in [0.2, 0.25) is 0 Å². The van der Waals surface area contributed by atoms with Crippen molar-refractivity contribution in [2.45, 2.75) is 13.5 Å². The molecule has 26 heavy (non-hydrogen) atoms. The van der Waals surface area contributed by atoms with Crippen molar-refractivity contribution in [2.75, 3.05) is 5.32 Å². The first-order chi connectivity index (χ1) is 12.4. The van der Waals surface area contributed by atoms with Gasteiger partial charge >= 0.3 is 0 Å². The Morgan fingerprint density at radius 1 is 0.885 bits per heavy atom. The fourth-order valence-electron chi connectivity index (χ4n) is 2.53. The molecule has 0 bridgehead atoms. The van der Waals surface area contributed by atoms with Crippen molar-refractivity contribution < 1.29 is 33.4 Å². The van der Waals surface area contributed by atoms with Crippen molar-refractivity contribution in [3.05, 3.63) is 78.6 Å². The summed E-state index contributed by atoms with van der Waals surface area (Å²) in [4.78, 5) is 0. The molecule has 0 aliphatic carbocycles. The second-order valence-electron chi connectivity index (χ2n) is 5.28. The van der Waals surface area contributed by atoms with Gasteiger partial charge in [0, 0.05) is 35.5 Å². The Kier molecular flexibility index (Phi) is 7.08. The van der Waals surface area contributed by atoms with Crippen LogP contribution < -0.4 is 28.5 Å². The third-order valence-electron chi connectivity index (χ3n) is 3.57. The number of hydrogen-bond acceptors (Lipinski definition) is 5. The third kappa shape index (κ3) is 6.44. The summed E-state index contributed by atoms with van der Waals surface area (Å²) in [7, 11) is -4.94. The summed E-state index contributed by atoms with van der Waals surface area (Å²) in [6.07, 6.45) is 4.11.